The van der Waals surface area contributed by atoms with Crippen molar-refractivity contribution in [2.45, 2.75) is 43.9 Å². The van der Waals surface area contributed by atoms with Gasteiger partial charge in [-0.05, 0) is 55.4 Å². The van der Waals surface area contributed by atoms with Crippen molar-refractivity contribution in [2.75, 3.05) is 39.3 Å². The summed E-state index contributed by atoms with van der Waals surface area (Å²) in [7, 11) is 0. The zero-order valence-electron chi connectivity index (χ0n) is 16.2. The highest BCUT2D eigenvalue weighted by Gasteiger charge is 2.38. The minimum atomic E-state index is -0.578. The predicted molar refractivity (Wildman–Crippen MR) is 104 cm³/mol. The number of nitrogens with two attached hydrogens (primary N) is 1. The molecule has 1 aromatic rings. The van der Waals surface area contributed by atoms with Gasteiger partial charge in [0.25, 0.3) is 0 Å². The van der Waals surface area contributed by atoms with Crippen LogP contribution in [0.25, 0.3) is 0 Å². The SMILES string of the molecule is NC1CC(N2CC3=C(CN(CC4CC4)CC3)C2)CO[C@@H]1c1cc(F)ccc1F. The average molecular weight is 389 g/mol. The maximum atomic E-state index is 14.1. The highest BCUT2D eigenvalue weighted by atomic mass is 19.1. The maximum Gasteiger partial charge on any atom is 0.129 e. The number of rotatable bonds is 4. The van der Waals surface area contributed by atoms with Crippen molar-refractivity contribution >= 4 is 0 Å². The number of benzene rings is 1. The molecule has 0 amide bonds. The molecule has 3 atom stereocenters. The van der Waals surface area contributed by atoms with Crippen LogP contribution < -0.4 is 5.73 Å². The van der Waals surface area contributed by atoms with Crippen LogP contribution in [0.4, 0.5) is 8.78 Å². The highest BCUT2D eigenvalue weighted by Crippen LogP contribution is 2.36. The topological polar surface area (TPSA) is 41.7 Å². The van der Waals surface area contributed by atoms with E-state index < -0.39 is 17.7 Å². The summed E-state index contributed by atoms with van der Waals surface area (Å²) in [6.07, 6.45) is 4.14. The first-order valence-corrected chi connectivity index (χ1v) is 10.5. The fourth-order valence-corrected chi connectivity index (χ4v) is 5.06. The Morgan fingerprint density at radius 2 is 1.93 bits per heavy atom. The van der Waals surface area contributed by atoms with Gasteiger partial charge in [0.15, 0.2) is 0 Å². The lowest BCUT2D eigenvalue weighted by Gasteiger charge is -2.39. The summed E-state index contributed by atoms with van der Waals surface area (Å²) in [5.74, 6) is 0.0281. The average Bonchev–Trinajstić information content (AvgIpc) is 3.39. The van der Waals surface area contributed by atoms with Crippen LogP contribution in [0.15, 0.2) is 29.3 Å². The molecule has 0 bridgehead atoms. The van der Waals surface area contributed by atoms with Gasteiger partial charge in [0, 0.05) is 50.4 Å². The molecule has 28 heavy (non-hydrogen) atoms. The van der Waals surface area contributed by atoms with Crippen LogP contribution in [0, 0.1) is 17.6 Å². The third kappa shape index (κ3) is 3.75. The summed E-state index contributed by atoms with van der Waals surface area (Å²) >= 11 is 0. The van der Waals surface area contributed by atoms with E-state index in [0.29, 0.717) is 6.61 Å². The smallest absolute Gasteiger partial charge is 0.129 e. The molecule has 6 heteroatoms. The summed E-state index contributed by atoms with van der Waals surface area (Å²) in [6, 6.07) is 3.40. The van der Waals surface area contributed by atoms with Crippen molar-refractivity contribution in [1.82, 2.24) is 9.80 Å². The fraction of sp³-hybridized carbons (Fsp3) is 0.636. The predicted octanol–water partition coefficient (Wildman–Crippen LogP) is 2.85. The van der Waals surface area contributed by atoms with Gasteiger partial charge in [-0.2, -0.15) is 0 Å². The third-order valence-corrected chi connectivity index (χ3v) is 6.83. The molecule has 4 aliphatic rings. The monoisotopic (exact) mass is 389 g/mol. The van der Waals surface area contributed by atoms with E-state index in [2.05, 4.69) is 9.80 Å². The molecule has 1 saturated heterocycles. The summed E-state index contributed by atoms with van der Waals surface area (Å²) < 4.78 is 33.7. The Labute approximate surface area is 165 Å². The van der Waals surface area contributed by atoms with Crippen molar-refractivity contribution in [3.8, 4) is 0 Å². The second-order valence-electron chi connectivity index (χ2n) is 9.01. The van der Waals surface area contributed by atoms with Crippen molar-refractivity contribution < 1.29 is 13.5 Å². The standard InChI is InChI=1S/C22H29F2N3O/c23-17-3-4-20(24)19(7-17)22-21(25)8-18(13-28-22)27-11-15-5-6-26(9-14-1-2-14)10-16(15)12-27/h3-4,7,14,18,21-22H,1-2,5-6,8-13,25H2/t18?,21?,22-/m1/s1. The van der Waals surface area contributed by atoms with Gasteiger partial charge < -0.3 is 10.5 Å². The molecule has 0 aromatic heterocycles. The molecule has 0 radical (unpaired) electrons. The Kier molecular flexibility index (Phi) is 4.99. The minimum Gasteiger partial charge on any atom is -0.370 e. The molecular formula is C22H29F2N3O. The largest absolute Gasteiger partial charge is 0.370 e. The summed E-state index contributed by atoms with van der Waals surface area (Å²) in [5.41, 5.74) is 9.77. The molecule has 4 nitrogen and oxygen atoms in total. The van der Waals surface area contributed by atoms with Gasteiger partial charge in [0.2, 0.25) is 0 Å². The molecule has 2 N–H and O–H groups in total. The van der Waals surface area contributed by atoms with Crippen LogP contribution in [-0.4, -0.2) is 61.2 Å². The van der Waals surface area contributed by atoms with Gasteiger partial charge in [0.1, 0.15) is 17.7 Å². The van der Waals surface area contributed by atoms with E-state index in [0.717, 1.165) is 44.1 Å². The van der Waals surface area contributed by atoms with Gasteiger partial charge in [-0.3, -0.25) is 9.80 Å². The number of hydrogen-bond donors (Lipinski definition) is 1. The van der Waals surface area contributed by atoms with E-state index in [1.165, 1.54) is 38.4 Å². The first kappa shape index (κ1) is 18.7. The quantitative estimate of drug-likeness (QED) is 0.804. The zero-order chi connectivity index (χ0) is 19.3. The lowest BCUT2D eigenvalue weighted by molar-refractivity contribution is -0.0465. The van der Waals surface area contributed by atoms with Crippen LogP contribution in [0.5, 0.6) is 0 Å². The highest BCUT2D eigenvalue weighted by molar-refractivity contribution is 5.28. The Balaban J connectivity index is 1.20. The van der Waals surface area contributed by atoms with Crippen molar-refractivity contribution in [2.24, 2.45) is 11.7 Å². The number of ether oxygens (including phenoxy) is 1. The Bertz CT molecular complexity index is 779. The molecule has 1 saturated carbocycles. The first-order chi connectivity index (χ1) is 13.6. The molecular weight excluding hydrogens is 360 g/mol. The van der Waals surface area contributed by atoms with Crippen LogP contribution in [0.1, 0.15) is 37.4 Å². The first-order valence-electron chi connectivity index (χ1n) is 10.5. The van der Waals surface area contributed by atoms with E-state index in [1.54, 1.807) is 11.1 Å². The molecule has 1 aliphatic carbocycles. The van der Waals surface area contributed by atoms with Gasteiger partial charge in [-0.15, -0.1) is 0 Å². The number of hydrogen-bond acceptors (Lipinski definition) is 4. The molecule has 3 aliphatic heterocycles. The molecule has 1 aromatic carbocycles. The summed E-state index contributed by atoms with van der Waals surface area (Å²) in [5, 5.41) is 0. The lowest BCUT2D eigenvalue weighted by Crippen LogP contribution is -2.49. The van der Waals surface area contributed by atoms with Crippen molar-refractivity contribution in [3.05, 3.63) is 46.5 Å². The van der Waals surface area contributed by atoms with Crippen molar-refractivity contribution in [3.63, 3.8) is 0 Å². The molecule has 2 fully saturated rings. The third-order valence-electron chi connectivity index (χ3n) is 6.83. The molecule has 5 rings (SSSR count). The number of nitrogens with zero attached hydrogens (tertiary/aromatic N) is 2. The van der Waals surface area contributed by atoms with E-state index in [-0.39, 0.29) is 17.6 Å². The molecule has 0 spiro atoms. The summed E-state index contributed by atoms with van der Waals surface area (Å²) in [4.78, 5) is 5.09. The van der Waals surface area contributed by atoms with E-state index in [1.807, 2.05) is 0 Å². The van der Waals surface area contributed by atoms with Crippen LogP contribution in [0.2, 0.25) is 0 Å². The normalized spacial score (nSPS) is 32.0. The molecule has 2 unspecified atom stereocenters. The van der Waals surface area contributed by atoms with E-state index >= 15 is 0 Å². The van der Waals surface area contributed by atoms with E-state index in [9.17, 15) is 8.78 Å². The fourth-order valence-electron chi connectivity index (χ4n) is 5.06. The second-order valence-corrected chi connectivity index (χ2v) is 9.01. The van der Waals surface area contributed by atoms with E-state index in [4.69, 9.17) is 10.5 Å². The Morgan fingerprint density at radius 3 is 2.71 bits per heavy atom. The zero-order valence-corrected chi connectivity index (χ0v) is 16.2. The van der Waals surface area contributed by atoms with Gasteiger partial charge in [-0.25, -0.2) is 8.78 Å². The van der Waals surface area contributed by atoms with Crippen LogP contribution in [-0.2, 0) is 4.74 Å². The lowest BCUT2D eigenvalue weighted by atomic mass is 9.93. The van der Waals surface area contributed by atoms with Crippen molar-refractivity contribution in [1.29, 1.82) is 0 Å². The second kappa shape index (κ2) is 7.48. The van der Waals surface area contributed by atoms with Crippen LogP contribution >= 0.6 is 0 Å². The maximum absolute atomic E-state index is 14.1. The summed E-state index contributed by atoms with van der Waals surface area (Å²) in [6.45, 7) is 6.07. The molecule has 152 valence electrons. The van der Waals surface area contributed by atoms with Gasteiger partial charge in [-0.1, -0.05) is 5.57 Å². The molecule has 3 heterocycles. The Hall–Kier alpha value is -1.34. The number of halogens is 2. The Morgan fingerprint density at radius 1 is 1.11 bits per heavy atom. The van der Waals surface area contributed by atoms with Gasteiger partial charge in [0.05, 0.1) is 6.61 Å². The minimum absolute atomic E-state index is 0.237. The van der Waals surface area contributed by atoms with Crippen LogP contribution in [0.3, 0.4) is 0 Å². The van der Waals surface area contributed by atoms with Gasteiger partial charge >= 0.3 is 0 Å².